The van der Waals surface area contributed by atoms with E-state index in [0.717, 1.165) is 108 Å². The number of thioether (sulfide) groups is 8. The van der Waals surface area contributed by atoms with E-state index in [1.165, 1.54) is 51.4 Å². The highest BCUT2D eigenvalue weighted by molar-refractivity contribution is 14.1. The van der Waals surface area contributed by atoms with E-state index in [2.05, 4.69) is 110 Å². The average Bonchev–Trinajstić information content (AvgIpc) is 3.38. The van der Waals surface area contributed by atoms with Gasteiger partial charge in [0.15, 0.2) is 36.1 Å². The third-order valence-corrected chi connectivity index (χ3v) is 19.9. The van der Waals surface area contributed by atoms with Crippen LogP contribution in [0, 0.1) is 5.92 Å². The molecule has 3 aromatic rings. The van der Waals surface area contributed by atoms with Gasteiger partial charge in [-0.05, 0) is 94.7 Å². The Morgan fingerprint density at radius 3 is 1.30 bits per heavy atom. The first-order chi connectivity index (χ1) is 35.9. The highest BCUT2D eigenvalue weighted by atomic mass is 127. The van der Waals surface area contributed by atoms with Crippen LogP contribution in [0.15, 0.2) is 58.2 Å². The molecule has 3 aromatic heterocycles. The molecular formula is C50H84IN15S8. The molecule has 0 bridgehead atoms. The zero-order valence-corrected chi connectivity index (χ0v) is 54.4. The van der Waals surface area contributed by atoms with Crippen LogP contribution < -0.4 is 16.0 Å². The van der Waals surface area contributed by atoms with E-state index < -0.39 is 0 Å². The Balaban J connectivity index is 1.70. The number of nitrogens with zero attached hydrogens (tertiary/aromatic N) is 12. The normalized spacial score (nSPS) is 13.8. The molecular weight excluding hydrogens is 1190 g/mol. The van der Waals surface area contributed by atoms with E-state index in [4.69, 9.17) is 49.8 Å². The van der Waals surface area contributed by atoms with E-state index >= 15 is 0 Å². The molecule has 74 heavy (non-hydrogen) atoms. The van der Waals surface area contributed by atoms with Crippen LogP contribution >= 0.6 is 117 Å². The number of halogens is 1. The van der Waals surface area contributed by atoms with Crippen molar-refractivity contribution in [1.29, 1.82) is 0 Å². The molecule has 0 aliphatic carbocycles. The number of aliphatic imine (C=N–C) groups is 3. The average molecular weight is 1280 g/mol. The van der Waals surface area contributed by atoms with Gasteiger partial charge in [-0.15, -0.1) is 0 Å². The summed E-state index contributed by atoms with van der Waals surface area (Å²) in [4.78, 5) is 57.5. The Hall–Kier alpha value is -1.29. The second-order valence-corrected chi connectivity index (χ2v) is 27.7. The molecule has 414 valence electrons. The minimum atomic E-state index is 0.0166. The zero-order chi connectivity index (χ0) is 53.8. The lowest BCUT2D eigenvalue weighted by Crippen LogP contribution is -2.22. The number of unbranched alkanes of at least 4 members (excludes halogenated alkanes) is 8. The summed E-state index contributed by atoms with van der Waals surface area (Å²) in [7, 11) is 1.82. The second kappa shape index (κ2) is 41.7. The summed E-state index contributed by atoms with van der Waals surface area (Å²) < 4.78 is 1.03. The van der Waals surface area contributed by atoms with Crippen LogP contribution in [0.1, 0.15) is 152 Å². The number of hydrogen-bond acceptors (Lipinski definition) is 22. The van der Waals surface area contributed by atoms with E-state index in [-0.39, 0.29) is 18.1 Å². The fraction of sp³-hybridized carbons (Fsp3) is 0.720. The molecule has 4 unspecified atom stereocenters. The number of hydrogen-bond donors (Lipinski definition) is 3. The van der Waals surface area contributed by atoms with Gasteiger partial charge in [-0.2, -0.15) is 44.9 Å². The van der Waals surface area contributed by atoms with E-state index in [0.29, 0.717) is 45.6 Å². The largest absolute Gasteiger partial charge is 0.351 e. The topological polar surface area (TPSA) is 189 Å². The van der Waals surface area contributed by atoms with Gasteiger partial charge < -0.3 is 16.0 Å². The first-order valence-electron chi connectivity index (χ1n) is 26.3. The van der Waals surface area contributed by atoms with Gasteiger partial charge in [0, 0.05) is 83.1 Å². The van der Waals surface area contributed by atoms with Crippen molar-refractivity contribution in [2.24, 2.45) is 20.9 Å². The summed E-state index contributed by atoms with van der Waals surface area (Å²) in [5.41, 5.74) is 0.875. The third-order valence-electron chi connectivity index (χ3n) is 10.3. The predicted molar refractivity (Wildman–Crippen MR) is 343 cm³/mol. The first-order valence-corrected chi connectivity index (χ1v) is 35.3. The van der Waals surface area contributed by atoms with Crippen molar-refractivity contribution in [2.45, 2.75) is 201 Å². The number of nitrogens with one attached hydrogen (secondary N) is 3. The van der Waals surface area contributed by atoms with Gasteiger partial charge in [0.25, 0.3) is 0 Å². The monoisotopic (exact) mass is 1280 g/mol. The van der Waals surface area contributed by atoms with Gasteiger partial charge in [0.1, 0.15) is 3.05 Å². The maximum absolute atomic E-state index is 4.93. The van der Waals surface area contributed by atoms with Crippen molar-refractivity contribution in [1.82, 2.24) is 44.9 Å². The summed E-state index contributed by atoms with van der Waals surface area (Å²) in [5.74, 6) is 9.26. The molecule has 0 aliphatic heterocycles. The van der Waals surface area contributed by atoms with Crippen LogP contribution in [0.4, 0.5) is 17.8 Å². The molecule has 0 spiro atoms. The molecule has 3 rings (SSSR count). The molecule has 0 aliphatic rings. The molecule has 3 heterocycles. The van der Waals surface area contributed by atoms with Gasteiger partial charge in [-0.1, -0.05) is 187 Å². The van der Waals surface area contributed by atoms with Crippen molar-refractivity contribution in [3.8, 4) is 0 Å². The Morgan fingerprint density at radius 2 is 0.905 bits per heavy atom. The second-order valence-electron chi connectivity index (χ2n) is 17.7. The van der Waals surface area contributed by atoms with E-state index in [9.17, 15) is 0 Å². The first kappa shape index (κ1) is 67.0. The number of aromatic nitrogens is 9. The highest BCUT2D eigenvalue weighted by Crippen LogP contribution is 2.28. The molecule has 0 radical (unpaired) electrons. The Labute approximate surface area is 492 Å². The standard InChI is InChI=1S/C50H84IN15S8/c1-12-17-21-27-67-44(53-16-5)57-36(7)26-25-35(6)31-72-48-61-42(59-45(64-48)68-28-22-18-13-2)55-38(9)33-74-50-63-43(60-47(66-50)70-30-24-20-15-4)56-39(10)34-73-49-62-41(54-37(8)32-71-40(51)52-11)58-46(65-49)69-29-23-19-14-3/h16,35,37-39H,7,12-15,17-34H2,1-6,8-11H3,(H,54,58,62,65)(H,55,59,61,64)(H,56,60,63,66). The van der Waals surface area contributed by atoms with Gasteiger partial charge in [0.05, 0.1) is 0 Å². The summed E-state index contributed by atoms with van der Waals surface area (Å²) >= 11 is 15.7. The molecule has 0 saturated heterocycles. The molecule has 0 aromatic carbocycles. The maximum Gasteiger partial charge on any atom is 0.227 e. The summed E-state index contributed by atoms with van der Waals surface area (Å²) in [6.07, 6.45) is 17.7. The lowest BCUT2D eigenvalue weighted by Gasteiger charge is -2.17. The Morgan fingerprint density at radius 1 is 0.527 bits per heavy atom. The van der Waals surface area contributed by atoms with Crippen LogP contribution in [0.3, 0.4) is 0 Å². The van der Waals surface area contributed by atoms with Crippen molar-refractivity contribution in [3.63, 3.8) is 0 Å². The molecule has 0 fully saturated rings. The number of anilines is 3. The summed E-state index contributed by atoms with van der Waals surface area (Å²) in [6.45, 7) is 23.8. The third kappa shape index (κ3) is 31.3. The number of amidine groups is 1. The molecule has 4 atom stereocenters. The number of rotatable bonds is 40. The van der Waals surface area contributed by atoms with Crippen LogP contribution in [-0.2, 0) is 0 Å². The molecule has 0 amide bonds. The van der Waals surface area contributed by atoms with Crippen LogP contribution in [0.25, 0.3) is 0 Å². The van der Waals surface area contributed by atoms with Gasteiger partial charge >= 0.3 is 0 Å². The Bertz CT molecular complexity index is 2120. The van der Waals surface area contributed by atoms with Crippen molar-refractivity contribution >= 4 is 149 Å². The fourth-order valence-corrected chi connectivity index (χ4v) is 13.4. The molecule has 15 nitrogen and oxygen atoms in total. The Kier molecular flexibility index (Phi) is 37.8. The smallest absolute Gasteiger partial charge is 0.227 e. The zero-order valence-electron chi connectivity index (χ0n) is 45.7. The van der Waals surface area contributed by atoms with Crippen LogP contribution in [-0.4, -0.2) is 130 Å². The summed E-state index contributed by atoms with van der Waals surface area (Å²) in [6, 6.07) is 0.187. The fourth-order valence-electron chi connectivity index (χ4n) is 6.21. The molecule has 24 heteroatoms. The quantitative estimate of drug-likeness (QED) is 0.0160. The van der Waals surface area contributed by atoms with Crippen LogP contribution in [0.5, 0.6) is 0 Å². The lowest BCUT2D eigenvalue weighted by molar-refractivity contribution is 0.592. The minimum Gasteiger partial charge on any atom is -0.351 e. The van der Waals surface area contributed by atoms with E-state index in [1.807, 2.05) is 20.2 Å². The highest BCUT2D eigenvalue weighted by Gasteiger charge is 2.18. The van der Waals surface area contributed by atoms with Crippen molar-refractivity contribution in [2.75, 3.05) is 69.0 Å². The van der Waals surface area contributed by atoms with Crippen molar-refractivity contribution < 1.29 is 0 Å². The lowest BCUT2D eigenvalue weighted by atomic mass is 10.1. The molecule has 3 N–H and O–H groups in total. The van der Waals surface area contributed by atoms with E-state index in [1.54, 1.807) is 94.1 Å². The SMILES string of the molecule is C=C(CCC(C)CSc1nc(NC(C)CSc2nc(NC(C)CSc3nc(NC(C)CSC(I)=NC)nc(SCCCCC)n3)nc(SCCCCC)n2)nc(SCCCCC)n1)N=C(N=CC)SCCCCC. The molecule has 0 saturated carbocycles. The maximum atomic E-state index is 4.93. The minimum absolute atomic E-state index is 0.0166. The number of allylic oxidation sites excluding steroid dienone is 1. The van der Waals surface area contributed by atoms with Crippen LogP contribution in [0.2, 0.25) is 0 Å². The predicted octanol–water partition coefficient (Wildman–Crippen LogP) is 15.6. The van der Waals surface area contributed by atoms with Gasteiger partial charge in [-0.3, -0.25) is 4.99 Å². The van der Waals surface area contributed by atoms with Gasteiger partial charge in [0.2, 0.25) is 17.8 Å². The summed E-state index contributed by atoms with van der Waals surface area (Å²) in [5, 5.41) is 15.8. The van der Waals surface area contributed by atoms with Gasteiger partial charge in [-0.25, -0.2) is 9.98 Å². The van der Waals surface area contributed by atoms with Crippen molar-refractivity contribution in [3.05, 3.63) is 12.3 Å².